The van der Waals surface area contributed by atoms with Crippen LogP contribution in [-0.4, -0.2) is 64.2 Å². The normalized spacial score (nSPS) is 11.2. The van der Waals surface area contributed by atoms with Gasteiger partial charge in [-0.25, -0.2) is 0 Å². The minimum absolute atomic E-state index is 0.815. The van der Waals surface area contributed by atoms with Gasteiger partial charge in [0.15, 0.2) is 5.75 Å². The van der Waals surface area contributed by atoms with Crippen LogP contribution in [0.2, 0.25) is 0 Å². The van der Waals surface area contributed by atoms with Crippen LogP contribution in [-0.2, 0) is 0 Å². The molecule has 2 rings (SSSR count). The maximum Gasteiger partial charge on any atom is 0.165 e. The quantitative estimate of drug-likeness (QED) is 0.643. The molecule has 0 bridgehead atoms. The molecule has 0 saturated heterocycles. The highest BCUT2D eigenvalue weighted by Crippen LogP contribution is 2.39. The molecule has 0 unspecified atom stereocenters. The summed E-state index contributed by atoms with van der Waals surface area (Å²) in [5.74, 6) is 1.64. The third kappa shape index (κ3) is 6.21. The van der Waals surface area contributed by atoms with Crippen LogP contribution in [0.4, 0.5) is 5.69 Å². The van der Waals surface area contributed by atoms with Crippen molar-refractivity contribution >= 4 is 17.6 Å². The Morgan fingerprint density at radius 2 is 1.42 bits per heavy atom. The zero-order chi connectivity index (χ0) is 18.9. The number of anilines is 1. The minimum Gasteiger partial charge on any atom is -0.454 e. The lowest BCUT2D eigenvalue weighted by Crippen LogP contribution is -2.36. The Hall–Kier alpha value is -1.73. The van der Waals surface area contributed by atoms with E-state index in [-0.39, 0.29) is 0 Å². The van der Waals surface area contributed by atoms with Gasteiger partial charge in [0.1, 0.15) is 5.75 Å². The van der Waals surface area contributed by atoms with Gasteiger partial charge in [-0.1, -0.05) is 24.3 Å². The average Bonchev–Trinajstić information content (AvgIpc) is 2.63. The molecule has 2 aromatic rings. The molecule has 0 atom stereocenters. The van der Waals surface area contributed by atoms with E-state index in [1.807, 2.05) is 42.5 Å². The molecular weight excluding hydrogens is 344 g/mol. The first-order valence-corrected chi connectivity index (χ1v) is 9.66. The van der Waals surface area contributed by atoms with E-state index >= 15 is 0 Å². The van der Waals surface area contributed by atoms with Gasteiger partial charge < -0.3 is 19.4 Å². The topological polar surface area (TPSA) is 45.0 Å². The fraction of sp³-hybridized carbons (Fsp3) is 0.400. The van der Waals surface area contributed by atoms with Crippen LogP contribution in [0.15, 0.2) is 53.4 Å². The molecule has 142 valence electrons. The van der Waals surface area contributed by atoms with Crippen LogP contribution in [0, 0.1) is 0 Å². The van der Waals surface area contributed by atoms with Crippen LogP contribution in [0.5, 0.6) is 11.5 Å². The molecule has 0 fully saturated rings. The Kier molecular flexibility index (Phi) is 8.25. The summed E-state index contributed by atoms with van der Waals surface area (Å²) in [6.07, 6.45) is 0. The second-order valence-corrected chi connectivity index (χ2v) is 7.41. The summed E-state index contributed by atoms with van der Waals surface area (Å²) in [4.78, 5) is 7.70. The van der Waals surface area contributed by atoms with Crippen molar-refractivity contribution in [2.24, 2.45) is 5.14 Å². The molecule has 0 aliphatic heterocycles. The average molecular weight is 375 g/mol. The molecule has 26 heavy (non-hydrogen) atoms. The summed E-state index contributed by atoms with van der Waals surface area (Å²) >= 11 is 1.22. The van der Waals surface area contributed by atoms with E-state index < -0.39 is 0 Å². The molecule has 0 saturated carbocycles. The molecule has 0 radical (unpaired) electrons. The predicted octanol–water partition coefficient (Wildman–Crippen LogP) is 3.37. The van der Waals surface area contributed by atoms with E-state index in [0.717, 1.165) is 48.3 Å². The van der Waals surface area contributed by atoms with Gasteiger partial charge >= 0.3 is 0 Å². The lowest BCUT2D eigenvalue weighted by molar-refractivity contribution is 0.388. The first-order chi connectivity index (χ1) is 12.5. The Morgan fingerprint density at radius 3 is 1.96 bits per heavy atom. The van der Waals surface area contributed by atoms with Crippen molar-refractivity contribution in [1.82, 2.24) is 9.80 Å². The van der Waals surface area contributed by atoms with Gasteiger partial charge in [0, 0.05) is 26.2 Å². The first-order valence-electron chi connectivity index (χ1n) is 8.78. The van der Waals surface area contributed by atoms with E-state index in [4.69, 9.17) is 9.88 Å². The molecule has 0 aliphatic rings. The predicted molar refractivity (Wildman–Crippen MR) is 112 cm³/mol. The zero-order valence-electron chi connectivity index (χ0n) is 16.2. The van der Waals surface area contributed by atoms with Crippen LogP contribution in [0.3, 0.4) is 0 Å². The lowest BCUT2D eigenvalue weighted by atomic mass is 10.2. The van der Waals surface area contributed by atoms with Gasteiger partial charge in [0.25, 0.3) is 0 Å². The summed E-state index contributed by atoms with van der Waals surface area (Å²) in [6.45, 7) is 3.78. The monoisotopic (exact) mass is 374 g/mol. The van der Waals surface area contributed by atoms with Crippen molar-refractivity contribution in [2.45, 2.75) is 4.90 Å². The van der Waals surface area contributed by atoms with Crippen molar-refractivity contribution in [1.29, 1.82) is 0 Å². The van der Waals surface area contributed by atoms with Gasteiger partial charge in [-0.3, -0.25) is 5.14 Å². The largest absolute Gasteiger partial charge is 0.454 e. The Balaban J connectivity index is 2.35. The SMILES string of the molecule is CN(C)CCN(CCN(C)C)c1cccc(SN)c1Oc1ccccc1. The third-order valence-electron chi connectivity index (χ3n) is 4.02. The second kappa shape index (κ2) is 10.4. The van der Waals surface area contributed by atoms with Gasteiger partial charge in [-0.2, -0.15) is 0 Å². The number of hydrogen-bond donors (Lipinski definition) is 1. The highest BCUT2D eigenvalue weighted by Gasteiger charge is 2.17. The standard InChI is InChI=1S/C20H30N4OS/c1-22(2)13-15-24(16-14-23(3)4)18-11-8-12-19(26-21)20(18)25-17-9-6-5-7-10-17/h5-12H,13-16,21H2,1-4H3. The molecule has 0 heterocycles. The third-order valence-corrected chi connectivity index (χ3v) is 4.60. The van der Waals surface area contributed by atoms with Crippen molar-refractivity contribution < 1.29 is 4.74 Å². The van der Waals surface area contributed by atoms with E-state index in [1.54, 1.807) is 0 Å². The minimum atomic E-state index is 0.815. The fourth-order valence-electron chi connectivity index (χ4n) is 2.55. The first kappa shape index (κ1) is 20.6. The molecule has 0 aliphatic carbocycles. The smallest absolute Gasteiger partial charge is 0.165 e. The molecule has 2 N–H and O–H groups in total. The summed E-state index contributed by atoms with van der Waals surface area (Å²) < 4.78 is 6.26. The Labute approximate surface area is 161 Å². The van der Waals surface area contributed by atoms with Crippen LogP contribution in [0.25, 0.3) is 0 Å². The number of benzene rings is 2. The highest BCUT2D eigenvalue weighted by atomic mass is 32.2. The number of nitrogens with two attached hydrogens (primary N) is 1. The molecular formula is C20H30N4OS. The number of nitrogens with zero attached hydrogens (tertiary/aromatic N) is 3. The van der Waals surface area contributed by atoms with Gasteiger partial charge in [0.2, 0.25) is 0 Å². The van der Waals surface area contributed by atoms with Gasteiger partial charge in [0.05, 0.1) is 10.6 Å². The number of para-hydroxylation sites is 2. The molecule has 0 aromatic heterocycles. The molecule has 5 nitrogen and oxygen atoms in total. The molecule has 0 amide bonds. The van der Waals surface area contributed by atoms with Crippen molar-refractivity contribution in [3.8, 4) is 11.5 Å². The fourth-order valence-corrected chi connectivity index (χ4v) is 2.96. The summed E-state index contributed by atoms with van der Waals surface area (Å²) in [5, 5.41) is 5.92. The molecule has 0 spiro atoms. The molecule has 6 heteroatoms. The number of likely N-dealkylation sites (N-methyl/N-ethyl adjacent to an activating group) is 2. The Morgan fingerprint density at radius 1 is 0.808 bits per heavy atom. The van der Waals surface area contributed by atoms with E-state index in [9.17, 15) is 0 Å². The zero-order valence-corrected chi connectivity index (χ0v) is 17.0. The van der Waals surface area contributed by atoms with Crippen LogP contribution >= 0.6 is 11.9 Å². The van der Waals surface area contributed by atoms with E-state index in [1.165, 1.54) is 11.9 Å². The molecule has 2 aromatic carbocycles. The summed E-state index contributed by atoms with van der Waals surface area (Å²) in [6, 6.07) is 16.0. The van der Waals surface area contributed by atoms with Gasteiger partial charge in [-0.15, -0.1) is 0 Å². The van der Waals surface area contributed by atoms with Crippen molar-refractivity contribution in [3.05, 3.63) is 48.5 Å². The van der Waals surface area contributed by atoms with Crippen LogP contribution in [0.1, 0.15) is 0 Å². The summed E-state index contributed by atoms with van der Waals surface area (Å²) in [7, 11) is 8.38. The van der Waals surface area contributed by atoms with E-state index in [2.05, 4.69) is 49.0 Å². The lowest BCUT2D eigenvalue weighted by Gasteiger charge is -2.30. The van der Waals surface area contributed by atoms with Crippen molar-refractivity contribution in [2.75, 3.05) is 59.3 Å². The number of ether oxygens (including phenoxy) is 1. The van der Waals surface area contributed by atoms with Gasteiger partial charge in [-0.05, 0) is 64.4 Å². The van der Waals surface area contributed by atoms with E-state index in [0.29, 0.717) is 0 Å². The number of hydrogen-bond acceptors (Lipinski definition) is 6. The number of rotatable bonds is 10. The summed E-state index contributed by atoms with van der Waals surface area (Å²) in [5.41, 5.74) is 1.08. The Bertz CT molecular complexity index is 652. The second-order valence-electron chi connectivity index (χ2n) is 6.73. The maximum atomic E-state index is 6.26. The van der Waals surface area contributed by atoms with Crippen LogP contribution < -0.4 is 14.8 Å². The highest BCUT2D eigenvalue weighted by molar-refractivity contribution is 7.97. The van der Waals surface area contributed by atoms with Crippen molar-refractivity contribution in [3.63, 3.8) is 0 Å². The maximum absolute atomic E-state index is 6.26.